The van der Waals surface area contributed by atoms with Gasteiger partial charge in [0, 0.05) is 26.7 Å². The Bertz CT molecular complexity index is 374. The van der Waals surface area contributed by atoms with E-state index in [9.17, 15) is 9.59 Å². The van der Waals surface area contributed by atoms with Crippen molar-refractivity contribution in [2.24, 2.45) is 5.41 Å². The van der Waals surface area contributed by atoms with Gasteiger partial charge in [0.25, 0.3) is 0 Å². The van der Waals surface area contributed by atoms with Gasteiger partial charge in [0.05, 0.1) is 6.10 Å². The summed E-state index contributed by atoms with van der Waals surface area (Å²) in [5.41, 5.74) is -0.807. The predicted molar refractivity (Wildman–Crippen MR) is 80.8 cm³/mol. The van der Waals surface area contributed by atoms with Crippen molar-refractivity contribution in [3.8, 4) is 0 Å². The van der Waals surface area contributed by atoms with Gasteiger partial charge in [0.15, 0.2) is 0 Å². The highest BCUT2D eigenvalue weighted by Gasteiger charge is 2.52. The van der Waals surface area contributed by atoms with Gasteiger partial charge in [-0.3, -0.25) is 9.59 Å². The maximum atomic E-state index is 12.9. The smallest absolute Gasteiger partial charge is 0.238 e. The van der Waals surface area contributed by atoms with E-state index in [0.717, 1.165) is 32.3 Å². The summed E-state index contributed by atoms with van der Waals surface area (Å²) in [6, 6.07) is 0. The Morgan fingerprint density at radius 1 is 1.29 bits per heavy atom. The van der Waals surface area contributed by atoms with Crippen LogP contribution in [0.2, 0.25) is 0 Å². The zero-order chi connectivity index (χ0) is 15.3. The summed E-state index contributed by atoms with van der Waals surface area (Å²) in [7, 11) is 1.62. The molecule has 0 aromatic carbocycles. The monoisotopic (exact) mass is 296 g/mol. The second-order valence-corrected chi connectivity index (χ2v) is 6.25. The maximum absolute atomic E-state index is 12.9. The first kappa shape index (κ1) is 16.3. The molecule has 0 radical (unpaired) electrons. The molecule has 1 aliphatic heterocycles. The number of hydrogen-bond acceptors (Lipinski definition) is 3. The highest BCUT2D eigenvalue weighted by molar-refractivity contribution is 6.05. The normalized spacial score (nSPS) is 24.0. The molecule has 0 bridgehead atoms. The Morgan fingerprint density at radius 2 is 2.05 bits per heavy atom. The van der Waals surface area contributed by atoms with E-state index in [1.807, 2.05) is 4.90 Å². The minimum atomic E-state index is -0.807. The van der Waals surface area contributed by atoms with Gasteiger partial charge < -0.3 is 15.0 Å². The van der Waals surface area contributed by atoms with Crippen molar-refractivity contribution in [2.45, 2.75) is 58.0 Å². The number of nitrogens with zero attached hydrogens (tertiary/aromatic N) is 1. The van der Waals surface area contributed by atoms with Gasteiger partial charge in [-0.2, -0.15) is 0 Å². The lowest BCUT2D eigenvalue weighted by atomic mass is 9.67. The Labute approximate surface area is 127 Å². The largest absolute Gasteiger partial charge is 0.376 e. The average molecular weight is 296 g/mol. The molecule has 120 valence electrons. The van der Waals surface area contributed by atoms with E-state index >= 15 is 0 Å². The molecule has 2 fully saturated rings. The van der Waals surface area contributed by atoms with Crippen molar-refractivity contribution < 1.29 is 14.3 Å². The van der Waals surface area contributed by atoms with Crippen LogP contribution in [0.25, 0.3) is 0 Å². The van der Waals surface area contributed by atoms with E-state index < -0.39 is 5.41 Å². The van der Waals surface area contributed by atoms with E-state index in [2.05, 4.69) is 12.2 Å². The zero-order valence-electron chi connectivity index (χ0n) is 13.3. The van der Waals surface area contributed by atoms with Crippen LogP contribution in [0.4, 0.5) is 0 Å². The fourth-order valence-electron chi connectivity index (χ4n) is 3.35. The number of nitrogens with one attached hydrogen (secondary N) is 1. The van der Waals surface area contributed by atoms with E-state index in [4.69, 9.17) is 4.74 Å². The molecular weight excluding hydrogens is 268 g/mol. The van der Waals surface area contributed by atoms with Crippen LogP contribution in [-0.4, -0.2) is 49.6 Å². The van der Waals surface area contributed by atoms with Crippen LogP contribution in [0.1, 0.15) is 51.9 Å². The van der Waals surface area contributed by atoms with Crippen LogP contribution >= 0.6 is 0 Å². The number of amides is 2. The number of ether oxygens (including phenoxy) is 1. The van der Waals surface area contributed by atoms with E-state index in [1.54, 1.807) is 7.05 Å². The van der Waals surface area contributed by atoms with Crippen molar-refractivity contribution in [1.29, 1.82) is 0 Å². The molecule has 5 nitrogen and oxygen atoms in total. The summed E-state index contributed by atoms with van der Waals surface area (Å²) in [4.78, 5) is 27.0. The van der Waals surface area contributed by atoms with Crippen LogP contribution in [0, 0.1) is 5.41 Å². The summed E-state index contributed by atoms with van der Waals surface area (Å²) in [6.45, 7) is 4.19. The lowest BCUT2D eigenvalue weighted by Gasteiger charge is -2.42. The van der Waals surface area contributed by atoms with Crippen molar-refractivity contribution in [3.05, 3.63) is 0 Å². The Balaban J connectivity index is 2.05. The Morgan fingerprint density at radius 3 is 2.52 bits per heavy atom. The van der Waals surface area contributed by atoms with E-state index in [1.165, 1.54) is 6.42 Å². The van der Waals surface area contributed by atoms with Crippen LogP contribution in [0.5, 0.6) is 0 Å². The highest BCUT2D eigenvalue weighted by atomic mass is 16.5. The van der Waals surface area contributed by atoms with Crippen molar-refractivity contribution >= 4 is 11.8 Å². The molecule has 0 spiro atoms. The summed E-state index contributed by atoms with van der Waals surface area (Å²) in [6.07, 6.45) is 6.65. The van der Waals surface area contributed by atoms with Crippen molar-refractivity contribution in [3.63, 3.8) is 0 Å². The van der Waals surface area contributed by atoms with Gasteiger partial charge in [0.2, 0.25) is 11.8 Å². The maximum Gasteiger partial charge on any atom is 0.238 e. The van der Waals surface area contributed by atoms with Crippen LogP contribution in [-0.2, 0) is 14.3 Å². The van der Waals surface area contributed by atoms with Crippen LogP contribution in [0.3, 0.4) is 0 Å². The number of carbonyl (C=O) groups excluding carboxylic acids is 2. The lowest BCUT2D eigenvalue weighted by Crippen LogP contribution is -2.57. The summed E-state index contributed by atoms with van der Waals surface area (Å²) < 4.78 is 5.76. The van der Waals surface area contributed by atoms with Gasteiger partial charge in [-0.1, -0.05) is 13.3 Å². The number of carbonyl (C=O) groups is 2. The number of rotatable bonds is 6. The van der Waals surface area contributed by atoms with Crippen molar-refractivity contribution in [2.75, 3.05) is 26.7 Å². The van der Waals surface area contributed by atoms with Gasteiger partial charge in [-0.25, -0.2) is 0 Å². The Hall–Kier alpha value is -1.10. The third-order valence-electron chi connectivity index (χ3n) is 4.76. The first-order chi connectivity index (χ1) is 10.1. The Kier molecular flexibility index (Phi) is 5.62. The average Bonchev–Trinajstić information content (AvgIpc) is 2.46. The minimum absolute atomic E-state index is 0.00382. The third-order valence-corrected chi connectivity index (χ3v) is 4.76. The third kappa shape index (κ3) is 3.39. The second-order valence-electron chi connectivity index (χ2n) is 6.25. The van der Waals surface area contributed by atoms with Crippen molar-refractivity contribution in [1.82, 2.24) is 10.2 Å². The van der Waals surface area contributed by atoms with Gasteiger partial charge in [-0.15, -0.1) is 0 Å². The molecule has 1 atom stereocenters. The molecule has 0 aromatic heterocycles. The van der Waals surface area contributed by atoms with Gasteiger partial charge in [-0.05, 0) is 38.5 Å². The predicted octanol–water partition coefficient (Wildman–Crippen LogP) is 1.71. The summed E-state index contributed by atoms with van der Waals surface area (Å²) in [5, 5.41) is 2.67. The van der Waals surface area contributed by atoms with Crippen LogP contribution in [0.15, 0.2) is 0 Å². The molecule has 2 amide bonds. The molecule has 0 aromatic rings. The molecule has 2 rings (SSSR count). The topological polar surface area (TPSA) is 58.6 Å². The minimum Gasteiger partial charge on any atom is -0.376 e. The molecule has 2 aliphatic rings. The van der Waals surface area contributed by atoms with Gasteiger partial charge in [0.1, 0.15) is 5.41 Å². The first-order valence-electron chi connectivity index (χ1n) is 8.27. The summed E-state index contributed by atoms with van der Waals surface area (Å²) in [5.74, 6) is -0.117. The lowest BCUT2D eigenvalue weighted by molar-refractivity contribution is -0.158. The van der Waals surface area contributed by atoms with Gasteiger partial charge >= 0.3 is 0 Å². The van der Waals surface area contributed by atoms with Crippen LogP contribution < -0.4 is 5.32 Å². The molecule has 5 heteroatoms. The molecule has 1 saturated heterocycles. The highest BCUT2D eigenvalue weighted by Crippen LogP contribution is 2.43. The summed E-state index contributed by atoms with van der Waals surface area (Å²) >= 11 is 0. The molecule has 1 heterocycles. The standard InChI is InChI=1S/C16H28N2O3/c1-3-10-18(12-13-7-4-5-11-21-13)15(20)16(8-6-9-16)14(19)17-2/h13H,3-12H2,1-2H3,(H,17,19). The molecule has 1 saturated carbocycles. The number of hydrogen-bond donors (Lipinski definition) is 1. The fraction of sp³-hybridized carbons (Fsp3) is 0.875. The molecule has 1 aliphatic carbocycles. The molecule has 1 unspecified atom stereocenters. The molecular formula is C16H28N2O3. The fourth-order valence-corrected chi connectivity index (χ4v) is 3.35. The zero-order valence-corrected chi connectivity index (χ0v) is 13.3. The molecule has 1 N–H and O–H groups in total. The SMILES string of the molecule is CCCN(CC1CCCCO1)C(=O)C1(C(=O)NC)CCC1. The second kappa shape index (κ2) is 7.25. The first-order valence-corrected chi connectivity index (χ1v) is 8.27. The molecule has 21 heavy (non-hydrogen) atoms. The van der Waals surface area contributed by atoms with E-state index in [0.29, 0.717) is 25.9 Å². The quantitative estimate of drug-likeness (QED) is 0.759. The van der Waals surface area contributed by atoms with E-state index in [-0.39, 0.29) is 17.9 Å².